The molecule has 5 heteroatoms. The van der Waals surface area contributed by atoms with Gasteiger partial charge in [-0.15, -0.1) is 11.3 Å². The Labute approximate surface area is 103 Å². The van der Waals surface area contributed by atoms with Gasteiger partial charge in [-0.3, -0.25) is 0 Å². The zero-order valence-corrected chi connectivity index (χ0v) is 10.3. The lowest BCUT2D eigenvalue weighted by Gasteiger charge is -2.17. The van der Waals surface area contributed by atoms with Crippen molar-refractivity contribution >= 4 is 22.7 Å². The maximum Gasteiger partial charge on any atom is 0.125 e. The van der Waals surface area contributed by atoms with E-state index in [4.69, 9.17) is 5.73 Å². The molecule has 3 N–H and O–H groups in total. The van der Waals surface area contributed by atoms with E-state index in [2.05, 4.69) is 17.2 Å². The van der Waals surface area contributed by atoms with Gasteiger partial charge in [-0.25, -0.2) is 9.37 Å². The molecule has 0 aliphatic heterocycles. The smallest absolute Gasteiger partial charge is 0.125 e. The highest BCUT2D eigenvalue weighted by atomic mass is 32.1. The van der Waals surface area contributed by atoms with Crippen LogP contribution in [-0.2, 0) is 0 Å². The summed E-state index contributed by atoms with van der Waals surface area (Å²) in [6.45, 7) is 2.07. The van der Waals surface area contributed by atoms with Crippen molar-refractivity contribution in [1.82, 2.24) is 4.98 Å². The minimum Gasteiger partial charge on any atom is -0.397 e. The molecule has 1 atom stereocenters. The standard InChI is InChI=1S/C12H14FN3S/c1-2-10(12-15-5-6-17-12)16-11-4-3-8(13)7-9(11)14/h3-7,10,16H,2,14H2,1H3. The maximum atomic E-state index is 12.9. The lowest BCUT2D eigenvalue weighted by molar-refractivity contribution is 0.628. The van der Waals surface area contributed by atoms with E-state index in [1.807, 2.05) is 5.38 Å². The molecule has 0 amide bonds. The van der Waals surface area contributed by atoms with Crippen LogP contribution in [0.4, 0.5) is 15.8 Å². The minimum absolute atomic E-state index is 0.114. The quantitative estimate of drug-likeness (QED) is 0.818. The number of rotatable bonds is 4. The van der Waals surface area contributed by atoms with Crippen molar-refractivity contribution in [3.8, 4) is 0 Å². The van der Waals surface area contributed by atoms with E-state index in [1.54, 1.807) is 23.6 Å². The second-order valence-electron chi connectivity index (χ2n) is 3.71. The first kappa shape index (κ1) is 11.9. The molecule has 3 nitrogen and oxygen atoms in total. The Hall–Kier alpha value is -1.62. The first-order valence-electron chi connectivity index (χ1n) is 5.41. The first-order valence-corrected chi connectivity index (χ1v) is 6.29. The molecule has 0 spiro atoms. The van der Waals surface area contributed by atoms with Crippen LogP contribution >= 0.6 is 11.3 Å². The summed E-state index contributed by atoms with van der Waals surface area (Å²) in [7, 11) is 0. The van der Waals surface area contributed by atoms with Crippen LogP contribution in [0.15, 0.2) is 29.8 Å². The second kappa shape index (κ2) is 5.14. The van der Waals surface area contributed by atoms with Gasteiger partial charge in [0.05, 0.1) is 17.4 Å². The summed E-state index contributed by atoms with van der Waals surface area (Å²) < 4.78 is 12.9. The molecule has 1 unspecified atom stereocenters. The van der Waals surface area contributed by atoms with E-state index < -0.39 is 0 Å². The summed E-state index contributed by atoms with van der Waals surface area (Å²) in [5.41, 5.74) is 6.92. The molecule has 2 rings (SSSR count). The van der Waals surface area contributed by atoms with Crippen molar-refractivity contribution < 1.29 is 4.39 Å². The Kier molecular flexibility index (Phi) is 3.58. The summed E-state index contributed by atoms with van der Waals surface area (Å²) in [4.78, 5) is 4.27. The molecule has 1 heterocycles. The molecule has 2 aromatic rings. The molecule has 0 saturated carbocycles. The molecular weight excluding hydrogens is 237 g/mol. The lowest BCUT2D eigenvalue weighted by atomic mass is 10.2. The molecule has 0 saturated heterocycles. The average Bonchev–Trinajstić information content (AvgIpc) is 2.81. The van der Waals surface area contributed by atoms with Crippen LogP contribution in [0, 0.1) is 5.82 Å². The van der Waals surface area contributed by atoms with Crippen LogP contribution in [0.1, 0.15) is 24.4 Å². The molecule has 1 aromatic carbocycles. The summed E-state index contributed by atoms with van der Waals surface area (Å²) in [6.07, 6.45) is 2.67. The number of anilines is 2. The van der Waals surface area contributed by atoms with Crippen molar-refractivity contribution in [3.05, 3.63) is 40.6 Å². The molecular formula is C12H14FN3S. The van der Waals surface area contributed by atoms with Crippen LogP contribution in [0.2, 0.25) is 0 Å². The zero-order chi connectivity index (χ0) is 12.3. The van der Waals surface area contributed by atoms with E-state index in [-0.39, 0.29) is 11.9 Å². The molecule has 0 radical (unpaired) electrons. The van der Waals surface area contributed by atoms with Crippen molar-refractivity contribution in [2.45, 2.75) is 19.4 Å². The Balaban J connectivity index is 2.19. The van der Waals surface area contributed by atoms with Gasteiger partial charge < -0.3 is 11.1 Å². The summed E-state index contributed by atoms with van der Waals surface area (Å²) in [5.74, 6) is -0.324. The third kappa shape index (κ3) is 2.74. The lowest BCUT2D eigenvalue weighted by Crippen LogP contribution is -2.10. The Morgan fingerprint density at radius 1 is 1.53 bits per heavy atom. The fourth-order valence-electron chi connectivity index (χ4n) is 1.60. The van der Waals surface area contributed by atoms with Gasteiger partial charge in [-0.1, -0.05) is 6.92 Å². The number of hydrogen-bond donors (Lipinski definition) is 2. The van der Waals surface area contributed by atoms with Crippen molar-refractivity contribution in [2.75, 3.05) is 11.1 Å². The fraction of sp³-hybridized carbons (Fsp3) is 0.250. The van der Waals surface area contributed by atoms with Gasteiger partial charge >= 0.3 is 0 Å². The summed E-state index contributed by atoms with van der Waals surface area (Å²) in [6, 6.07) is 4.48. The number of halogens is 1. The van der Waals surface area contributed by atoms with Crippen LogP contribution in [0.25, 0.3) is 0 Å². The molecule has 0 bridgehead atoms. The number of nitrogens with zero attached hydrogens (tertiary/aromatic N) is 1. The van der Waals surface area contributed by atoms with Gasteiger partial charge in [-0.05, 0) is 24.6 Å². The monoisotopic (exact) mass is 251 g/mol. The van der Waals surface area contributed by atoms with Gasteiger partial charge in [0, 0.05) is 11.6 Å². The number of nitrogen functional groups attached to an aromatic ring is 1. The predicted molar refractivity (Wildman–Crippen MR) is 69.6 cm³/mol. The van der Waals surface area contributed by atoms with Gasteiger partial charge in [0.1, 0.15) is 10.8 Å². The highest BCUT2D eigenvalue weighted by Gasteiger charge is 2.13. The van der Waals surface area contributed by atoms with Crippen molar-refractivity contribution in [1.29, 1.82) is 0 Å². The minimum atomic E-state index is -0.324. The van der Waals surface area contributed by atoms with Crippen molar-refractivity contribution in [3.63, 3.8) is 0 Å². The highest BCUT2D eigenvalue weighted by molar-refractivity contribution is 7.09. The van der Waals surface area contributed by atoms with Gasteiger partial charge in [0.25, 0.3) is 0 Å². The van der Waals surface area contributed by atoms with Crippen LogP contribution < -0.4 is 11.1 Å². The topological polar surface area (TPSA) is 50.9 Å². The number of nitrogens with two attached hydrogens (primary N) is 1. The number of nitrogens with one attached hydrogen (secondary N) is 1. The summed E-state index contributed by atoms with van der Waals surface area (Å²) in [5, 5.41) is 6.23. The van der Waals surface area contributed by atoms with Crippen LogP contribution in [0.5, 0.6) is 0 Å². The van der Waals surface area contributed by atoms with Crippen molar-refractivity contribution in [2.24, 2.45) is 0 Å². The van der Waals surface area contributed by atoms with Gasteiger partial charge in [0.2, 0.25) is 0 Å². The van der Waals surface area contributed by atoms with Gasteiger partial charge in [0.15, 0.2) is 0 Å². The first-order chi connectivity index (χ1) is 8.20. The Morgan fingerprint density at radius 2 is 2.35 bits per heavy atom. The largest absolute Gasteiger partial charge is 0.397 e. The van der Waals surface area contributed by atoms with E-state index in [1.165, 1.54) is 12.1 Å². The number of aromatic nitrogens is 1. The second-order valence-corrected chi connectivity index (χ2v) is 4.63. The third-order valence-electron chi connectivity index (χ3n) is 2.50. The van der Waals surface area contributed by atoms with E-state index in [9.17, 15) is 4.39 Å². The van der Waals surface area contributed by atoms with Gasteiger partial charge in [-0.2, -0.15) is 0 Å². The average molecular weight is 251 g/mol. The number of benzene rings is 1. The molecule has 0 aliphatic rings. The fourth-order valence-corrected chi connectivity index (χ4v) is 2.37. The number of hydrogen-bond acceptors (Lipinski definition) is 4. The molecule has 0 fully saturated rings. The number of thiazole rings is 1. The Bertz CT molecular complexity index is 485. The molecule has 90 valence electrons. The summed E-state index contributed by atoms with van der Waals surface area (Å²) >= 11 is 1.60. The van der Waals surface area contributed by atoms with Crippen LogP contribution in [-0.4, -0.2) is 4.98 Å². The molecule has 17 heavy (non-hydrogen) atoms. The van der Waals surface area contributed by atoms with E-state index in [0.717, 1.165) is 17.1 Å². The highest BCUT2D eigenvalue weighted by Crippen LogP contribution is 2.27. The zero-order valence-electron chi connectivity index (χ0n) is 9.48. The SMILES string of the molecule is CCC(Nc1ccc(F)cc1N)c1nccs1. The third-order valence-corrected chi connectivity index (χ3v) is 3.39. The molecule has 0 aliphatic carbocycles. The predicted octanol–water partition coefficient (Wildman–Crippen LogP) is 3.43. The maximum absolute atomic E-state index is 12.9. The normalized spacial score (nSPS) is 12.4. The van der Waals surface area contributed by atoms with E-state index in [0.29, 0.717) is 5.69 Å². The Morgan fingerprint density at radius 3 is 2.94 bits per heavy atom. The molecule has 1 aromatic heterocycles. The van der Waals surface area contributed by atoms with Crippen LogP contribution in [0.3, 0.4) is 0 Å². The van der Waals surface area contributed by atoms with E-state index >= 15 is 0 Å².